The molecule has 0 aromatic carbocycles. The van der Waals surface area contributed by atoms with Crippen LogP contribution in [0.2, 0.25) is 0 Å². The molecule has 0 radical (unpaired) electrons. The lowest BCUT2D eigenvalue weighted by Gasteiger charge is -2.62. The number of hydrogen-bond acceptors (Lipinski definition) is 6. The van der Waals surface area contributed by atoms with Crippen LogP contribution in [0.5, 0.6) is 0 Å². The van der Waals surface area contributed by atoms with Gasteiger partial charge in [-0.15, -0.1) is 0 Å². The fraction of sp³-hybridized carbons (Fsp3) is 0.880. The van der Waals surface area contributed by atoms with Gasteiger partial charge in [-0.1, -0.05) is 13.8 Å². The maximum Gasteiger partial charge on any atom is 0.309 e. The summed E-state index contributed by atoms with van der Waals surface area (Å²) in [6.45, 7) is 7.55. The van der Waals surface area contributed by atoms with Crippen LogP contribution in [0.4, 0.5) is 0 Å². The summed E-state index contributed by atoms with van der Waals surface area (Å²) < 4.78 is 16.7. The van der Waals surface area contributed by atoms with Crippen molar-refractivity contribution < 1.29 is 28.6 Å². The van der Waals surface area contributed by atoms with E-state index in [1.54, 1.807) is 0 Å². The molecule has 4 saturated carbocycles. The molecule has 4 fully saturated rings. The molecule has 9 unspecified atom stereocenters. The molecule has 4 rings (SSSR count). The van der Waals surface area contributed by atoms with E-state index in [4.69, 9.17) is 14.2 Å². The first-order valence-electron chi connectivity index (χ1n) is 12.0. The van der Waals surface area contributed by atoms with Crippen LogP contribution < -0.4 is 0 Å². The van der Waals surface area contributed by atoms with Gasteiger partial charge in [-0.25, -0.2) is 0 Å². The average Bonchev–Trinajstić information content (AvgIpc) is 3.06. The van der Waals surface area contributed by atoms with Crippen molar-refractivity contribution in [3.05, 3.63) is 0 Å². The second kappa shape index (κ2) is 8.08. The van der Waals surface area contributed by atoms with Gasteiger partial charge in [0.1, 0.15) is 12.2 Å². The summed E-state index contributed by atoms with van der Waals surface area (Å²) in [5, 5.41) is 0. The SMILES string of the molecule is COC(=O)C1CCC2C3CCC4CC(OC(C)=O)CCC4(C)C3CC(OC(C)=O)C12C. The van der Waals surface area contributed by atoms with Crippen LogP contribution in [0, 0.1) is 40.4 Å². The van der Waals surface area contributed by atoms with E-state index in [0.29, 0.717) is 23.7 Å². The first-order chi connectivity index (χ1) is 14.6. The van der Waals surface area contributed by atoms with E-state index >= 15 is 0 Å². The molecule has 0 aliphatic heterocycles. The number of esters is 3. The maximum absolute atomic E-state index is 12.7. The lowest BCUT2D eigenvalue weighted by molar-refractivity contribution is -0.199. The van der Waals surface area contributed by atoms with Crippen molar-refractivity contribution in [2.24, 2.45) is 40.4 Å². The fourth-order valence-electron chi connectivity index (χ4n) is 8.41. The van der Waals surface area contributed by atoms with Crippen molar-refractivity contribution in [3.8, 4) is 0 Å². The molecule has 9 atom stereocenters. The number of hydrogen-bond donors (Lipinski definition) is 0. The summed E-state index contributed by atoms with van der Waals surface area (Å²) in [4.78, 5) is 36.2. The molecular weight excluding hydrogens is 396 g/mol. The average molecular weight is 435 g/mol. The Morgan fingerprint density at radius 2 is 1.55 bits per heavy atom. The van der Waals surface area contributed by atoms with Gasteiger partial charge in [0.2, 0.25) is 0 Å². The lowest BCUT2D eigenvalue weighted by Crippen LogP contribution is -2.60. The van der Waals surface area contributed by atoms with Crippen molar-refractivity contribution in [1.29, 1.82) is 0 Å². The molecule has 31 heavy (non-hydrogen) atoms. The summed E-state index contributed by atoms with van der Waals surface area (Å²) in [5.41, 5.74) is -0.208. The lowest BCUT2D eigenvalue weighted by atomic mass is 9.44. The van der Waals surface area contributed by atoms with E-state index in [0.717, 1.165) is 51.4 Å². The van der Waals surface area contributed by atoms with Crippen LogP contribution in [0.15, 0.2) is 0 Å². The van der Waals surface area contributed by atoms with Crippen LogP contribution in [-0.2, 0) is 28.6 Å². The van der Waals surface area contributed by atoms with Gasteiger partial charge in [0.25, 0.3) is 0 Å². The smallest absolute Gasteiger partial charge is 0.309 e. The number of ether oxygens (including phenoxy) is 3. The maximum atomic E-state index is 12.7. The zero-order valence-electron chi connectivity index (χ0n) is 19.6. The molecule has 0 amide bonds. The van der Waals surface area contributed by atoms with E-state index in [1.165, 1.54) is 21.0 Å². The minimum Gasteiger partial charge on any atom is -0.469 e. The van der Waals surface area contributed by atoms with Crippen LogP contribution in [-0.4, -0.2) is 37.2 Å². The zero-order chi connectivity index (χ0) is 22.6. The normalized spacial score (nSPS) is 46.2. The Morgan fingerprint density at radius 3 is 2.19 bits per heavy atom. The molecule has 0 bridgehead atoms. The van der Waals surface area contributed by atoms with Gasteiger partial charge in [0, 0.05) is 19.3 Å². The van der Waals surface area contributed by atoms with Gasteiger partial charge in [-0.3, -0.25) is 14.4 Å². The molecule has 0 aromatic heterocycles. The van der Waals surface area contributed by atoms with E-state index < -0.39 is 0 Å². The molecule has 0 heterocycles. The van der Waals surface area contributed by atoms with Gasteiger partial charge in [-0.2, -0.15) is 0 Å². The summed E-state index contributed by atoms with van der Waals surface area (Å²) >= 11 is 0. The van der Waals surface area contributed by atoms with Crippen LogP contribution in [0.1, 0.15) is 79.1 Å². The van der Waals surface area contributed by atoms with Gasteiger partial charge >= 0.3 is 17.9 Å². The first kappa shape index (κ1) is 22.6. The number of rotatable bonds is 3. The Bertz CT molecular complexity index is 748. The fourth-order valence-corrected chi connectivity index (χ4v) is 8.41. The van der Waals surface area contributed by atoms with E-state index in [-0.39, 0.29) is 46.9 Å². The Labute approximate surface area is 185 Å². The number of methoxy groups -OCH3 is 1. The Hall–Kier alpha value is -1.59. The van der Waals surface area contributed by atoms with Crippen molar-refractivity contribution in [1.82, 2.24) is 0 Å². The second-order valence-electron chi connectivity index (χ2n) is 11.0. The van der Waals surface area contributed by atoms with Gasteiger partial charge in [0.15, 0.2) is 0 Å². The van der Waals surface area contributed by atoms with Gasteiger partial charge in [-0.05, 0) is 80.5 Å². The summed E-state index contributed by atoms with van der Waals surface area (Å²) in [6.07, 6.45) is 7.54. The van der Waals surface area contributed by atoms with Gasteiger partial charge in [0.05, 0.1) is 13.0 Å². The highest BCUT2D eigenvalue weighted by Crippen LogP contribution is 2.68. The third kappa shape index (κ3) is 3.58. The molecule has 4 aliphatic rings. The predicted octanol–water partition coefficient (Wildman–Crippen LogP) is 4.29. The van der Waals surface area contributed by atoms with Crippen molar-refractivity contribution in [2.45, 2.75) is 91.3 Å². The molecule has 0 N–H and O–H groups in total. The minimum atomic E-state index is -0.363. The highest BCUT2D eigenvalue weighted by atomic mass is 16.5. The summed E-state index contributed by atoms with van der Waals surface area (Å²) in [6, 6.07) is 0. The van der Waals surface area contributed by atoms with Crippen molar-refractivity contribution in [3.63, 3.8) is 0 Å². The Balaban J connectivity index is 1.64. The van der Waals surface area contributed by atoms with Crippen LogP contribution >= 0.6 is 0 Å². The Morgan fingerprint density at radius 1 is 0.839 bits per heavy atom. The van der Waals surface area contributed by atoms with E-state index in [9.17, 15) is 14.4 Å². The predicted molar refractivity (Wildman–Crippen MR) is 114 cm³/mol. The quantitative estimate of drug-likeness (QED) is 0.487. The Kier molecular flexibility index (Phi) is 5.89. The number of fused-ring (bicyclic) bond motifs is 5. The zero-order valence-corrected chi connectivity index (χ0v) is 19.6. The molecule has 174 valence electrons. The third-order valence-corrected chi connectivity index (χ3v) is 9.82. The molecule has 0 saturated heterocycles. The minimum absolute atomic E-state index is 0.0282. The first-order valence-corrected chi connectivity index (χ1v) is 12.0. The topological polar surface area (TPSA) is 78.9 Å². The summed E-state index contributed by atoms with van der Waals surface area (Å²) in [5.74, 6) is 1.05. The molecule has 0 spiro atoms. The largest absolute Gasteiger partial charge is 0.469 e. The highest BCUT2D eigenvalue weighted by Gasteiger charge is 2.66. The molecular formula is C25H38O6. The van der Waals surface area contributed by atoms with Crippen LogP contribution in [0.3, 0.4) is 0 Å². The summed E-state index contributed by atoms with van der Waals surface area (Å²) in [7, 11) is 1.46. The second-order valence-corrected chi connectivity index (χ2v) is 11.0. The molecule has 6 nitrogen and oxygen atoms in total. The highest BCUT2D eigenvalue weighted by molar-refractivity contribution is 5.74. The molecule has 4 aliphatic carbocycles. The van der Waals surface area contributed by atoms with Gasteiger partial charge < -0.3 is 14.2 Å². The van der Waals surface area contributed by atoms with E-state index in [1.807, 2.05) is 0 Å². The number of carbonyl (C=O) groups is 3. The molecule has 0 aromatic rings. The van der Waals surface area contributed by atoms with Crippen molar-refractivity contribution in [2.75, 3.05) is 7.11 Å². The van der Waals surface area contributed by atoms with E-state index in [2.05, 4.69) is 13.8 Å². The van der Waals surface area contributed by atoms with Crippen LogP contribution in [0.25, 0.3) is 0 Å². The number of carbonyl (C=O) groups excluding carboxylic acids is 3. The standard InChI is InChI=1S/C25H38O6/c1-14(26)30-17-10-11-24(3)16(12-17)6-7-18-19-8-9-20(23(28)29-5)25(19,4)22(13-21(18)24)31-15(2)27/h16-22H,6-13H2,1-5H3. The molecule has 6 heteroatoms. The third-order valence-electron chi connectivity index (χ3n) is 9.82. The van der Waals surface area contributed by atoms with Crippen molar-refractivity contribution >= 4 is 17.9 Å². The monoisotopic (exact) mass is 434 g/mol.